The summed E-state index contributed by atoms with van der Waals surface area (Å²) < 4.78 is 0. The molecule has 18 heavy (non-hydrogen) atoms. The van der Waals surface area contributed by atoms with Crippen LogP contribution in [0.25, 0.3) is 21.8 Å². The summed E-state index contributed by atoms with van der Waals surface area (Å²) in [5.41, 5.74) is 3.86. The second kappa shape index (κ2) is 4.69. The maximum Gasteiger partial charge on any atom is 0.0467 e. The lowest BCUT2D eigenvalue weighted by atomic mass is 10.1. The van der Waals surface area contributed by atoms with Crippen LogP contribution in [-0.2, 0) is 6.42 Å². The number of fused-ring (bicyclic) bond motifs is 3. The van der Waals surface area contributed by atoms with E-state index in [2.05, 4.69) is 54.0 Å². The Hall–Kier alpha value is -2.02. The minimum absolute atomic E-state index is 1.09. The number of allylic oxidation sites excluding steroid dienone is 1. The maximum absolute atomic E-state index is 3.76. The number of unbranched alkanes of at least 4 members (excludes halogenated alkanes) is 1. The fourth-order valence-electron chi connectivity index (χ4n) is 2.51. The first-order valence-corrected chi connectivity index (χ1v) is 6.49. The molecule has 0 fully saturated rings. The molecule has 3 aromatic rings. The molecule has 1 heterocycles. The van der Waals surface area contributed by atoms with Crippen LogP contribution in [-0.4, -0.2) is 4.98 Å². The Labute approximate surface area is 107 Å². The highest BCUT2D eigenvalue weighted by Gasteiger charge is 2.03. The van der Waals surface area contributed by atoms with Gasteiger partial charge in [-0.15, -0.1) is 6.58 Å². The van der Waals surface area contributed by atoms with Crippen molar-refractivity contribution in [2.75, 3.05) is 0 Å². The van der Waals surface area contributed by atoms with Crippen LogP contribution in [0.15, 0.2) is 55.1 Å². The number of nitrogens with one attached hydrogen (secondary N) is 1. The van der Waals surface area contributed by atoms with Gasteiger partial charge in [0.05, 0.1) is 0 Å². The van der Waals surface area contributed by atoms with Crippen molar-refractivity contribution in [3.63, 3.8) is 0 Å². The molecule has 0 amide bonds. The quantitative estimate of drug-likeness (QED) is 0.492. The zero-order valence-electron chi connectivity index (χ0n) is 10.4. The second-order valence-electron chi connectivity index (χ2n) is 4.73. The van der Waals surface area contributed by atoms with Crippen LogP contribution < -0.4 is 0 Å². The van der Waals surface area contributed by atoms with Crippen LogP contribution >= 0.6 is 0 Å². The number of para-hydroxylation sites is 1. The number of aromatic amines is 1. The molecule has 0 saturated heterocycles. The number of hydrogen-bond donors (Lipinski definition) is 1. The van der Waals surface area contributed by atoms with Crippen molar-refractivity contribution in [3.05, 3.63) is 60.7 Å². The Morgan fingerprint density at radius 1 is 1.00 bits per heavy atom. The summed E-state index contributed by atoms with van der Waals surface area (Å²) in [6, 6.07) is 15.2. The van der Waals surface area contributed by atoms with Gasteiger partial charge in [0.1, 0.15) is 0 Å². The first-order chi connectivity index (χ1) is 8.88. The summed E-state index contributed by atoms with van der Waals surface area (Å²) in [6.07, 6.45) is 5.37. The SMILES string of the molecule is C=CCCCc1ccc2c(c1)[nH]c1ccccc12. The van der Waals surface area contributed by atoms with E-state index in [1.54, 1.807) is 0 Å². The molecule has 0 atom stereocenters. The highest BCUT2D eigenvalue weighted by molar-refractivity contribution is 6.07. The largest absolute Gasteiger partial charge is 0.355 e. The number of aryl methyl sites for hydroxylation is 1. The van der Waals surface area contributed by atoms with Gasteiger partial charge < -0.3 is 4.98 Å². The van der Waals surface area contributed by atoms with Crippen molar-refractivity contribution in [2.45, 2.75) is 19.3 Å². The van der Waals surface area contributed by atoms with Crippen LogP contribution in [0.5, 0.6) is 0 Å². The van der Waals surface area contributed by atoms with Crippen LogP contribution in [0.3, 0.4) is 0 Å². The fourth-order valence-corrected chi connectivity index (χ4v) is 2.51. The molecule has 0 spiro atoms. The molecule has 3 rings (SSSR count). The summed E-state index contributed by atoms with van der Waals surface area (Å²) in [5, 5.41) is 2.63. The van der Waals surface area contributed by atoms with E-state index >= 15 is 0 Å². The lowest BCUT2D eigenvalue weighted by molar-refractivity contribution is 0.845. The highest BCUT2D eigenvalue weighted by Crippen LogP contribution is 2.26. The topological polar surface area (TPSA) is 15.8 Å². The van der Waals surface area contributed by atoms with Crippen LogP contribution in [0.4, 0.5) is 0 Å². The minimum Gasteiger partial charge on any atom is -0.355 e. The predicted octanol–water partition coefficient (Wildman–Crippen LogP) is 4.83. The Bertz CT molecular complexity index is 691. The van der Waals surface area contributed by atoms with Gasteiger partial charge in [-0.1, -0.05) is 36.4 Å². The monoisotopic (exact) mass is 235 g/mol. The van der Waals surface area contributed by atoms with Gasteiger partial charge in [0.2, 0.25) is 0 Å². The number of aromatic nitrogens is 1. The minimum atomic E-state index is 1.09. The molecule has 1 nitrogen and oxygen atoms in total. The third-order valence-electron chi connectivity index (χ3n) is 3.44. The third-order valence-corrected chi connectivity index (χ3v) is 3.44. The first-order valence-electron chi connectivity index (χ1n) is 6.49. The highest BCUT2D eigenvalue weighted by atomic mass is 14.7. The molecule has 1 N–H and O–H groups in total. The van der Waals surface area contributed by atoms with E-state index in [0.717, 1.165) is 12.8 Å². The van der Waals surface area contributed by atoms with Gasteiger partial charge >= 0.3 is 0 Å². The van der Waals surface area contributed by atoms with E-state index in [-0.39, 0.29) is 0 Å². The fraction of sp³-hybridized carbons (Fsp3) is 0.176. The molecule has 0 aliphatic carbocycles. The summed E-state index contributed by atoms with van der Waals surface area (Å²) in [4.78, 5) is 3.49. The summed E-state index contributed by atoms with van der Waals surface area (Å²) in [6.45, 7) is 3.76. The summed E-state index contributed by atoms with van der Waals surface area (Å²) in [7, 11) is 0. The lowest BCUT2D eigenvalue weighted by Gasteiger charge is -2.00. The molecular formula is C17H17N. The normalized spacial score (nSPS) is 11.1. The van der Waals surface area contributed by atoms with Crippen molar-refractivity contribution in [1.29, 1.82) is 0 Å². The molecule has 1 aromatic heterocycles. The zero-order valence-corrected chi connectivity index (χ0v) is 10.4. The lowest BCUT2D eigenvalue weighted by Crippen LogP contribution is -1.84. The van der Waals surface area contributed by atoms with E-state index < -0.39 is 0 Å². The molecule has 0 radical (unpaired) electrons. The second-order valence-corrected chi connectivity index (χ2v) is 4.73. The van der Waals surface area contributed by atoms with Crippen LogP contribution in [0, 0.1) is 0 Å². The molecule has 0 saturated carbocycles. The van der Waals surface area contributed by atoms with Gasteiger partial charge in [-0.25, -0.2) is 0 Å². The maximum atomic E-state index is 3.76. The molecule has 0 aliphatic rings. The van der Waals surface area contributed by atoms with Gasteiger partial charge in [-0.3, -0.25) is 0 Å². The molecule has 0 unspecified atom stereocenters. The first kappa shape index (κ1) is 11.1. The number of H-pyrrole nitrogens is 1. The number of hydrogen-bond acceptors (Lipinski definition) is 0. The average Bonchev–Trinajstić information content (AvgIpc) is 2.76. The molecule has 1 heteroatoms. The van der Waals surface area contributed by atoms with Crippen LogP contribution in [0.1, 0.15) is 18.4 Å². The van der Waals surface area contributed by atoms with Gasteiger partial charge in [0, 0.05) is 21.8 Å². The molecule has 0 bridgehead atoms. The molecule has 90 valence electrons. The van der Waals surface area contributed by atoms with Gasteiger partial charge in [0.15, 0.2) is 0 Å². The van der Waals surface area contributed by atoms with E-state index in [0.29, 0.717) is 0 Å². The zero-order chi connectivity index (χ0) is 12.4. The Kier molecular flexibility index (Phi) is 2.89. The van der Waals surface area contributed by atoms with Crippen molar-refractivity contribution in [1.82, 2.24) is 4.98 Å². The number of benzene rings is 2. The van der Waals surface area contributed by atoms with Gasteiger partial charge in [0.25, 0.3) is 0 Å². The van der Waals surface area contributed by atoms with E-state index in [9.17, 15) is 0 Å². The van der Waals surface area contributed by atoms with E-state index in [4.69, 9.17) is 0 Å². The van der Waals surface area contributed by atoms with Crippen molar-refractivity contribution < 1.29 is 0 Å². The molecule has 0 aliphatic heterocycles. The standard InChI is InChI=1S/C17H17N/c1-2-3-4-7-13-10-11-15-14-8-5-6-9-16(14)18-17(15)12-13/h2,5-6,8-12,18H,1,3-4,7H2. The summed E-state index contributed by atoms with van der Waals surface area (Å²) >= 11 is 0. The van der Waals surface area contributed by atoms with E-state index in [1.807, 2.05) is 6.08 Å². The Morgan fingerprint density at radius 2 is 1.83 bits per heavy atom. The van der Waals surface area contributed by atoms with Crippen molar-refractivity contribution in [3.8, 4) is 0 Å². The average molecular weight is 235 g/mol. The Morgan fingerprint density at radius 3 is 2.72 bits per heavy atom. The van der Waals surface area contributed by atoms with Gasteiger partial charge in [-0.2, -0.15) is 0 Å². The predicted molar refractivity (Wildman–Crippen MR) is 78.9 cm³/mol. The third kappa shape index (κ3) is 1.92. The van der Waals surface area contributed by atoms with E-state index in [1.165, 1.54) is 33.8 Å². The summed E-state index contributed by atoms with van der Waals surface area (Å²) in [5.74, 6) is 0. The Balaban J connectivity index is 2.01. The van der Waals surface area contributed by atoms with Gasteiger partial charge in [-0.05, 0) is 37.0 Å². The smallest absolute Gasteiger partial charge is 0.0467 e. The van der Waals surface area contributed by atoms with Crippen molar-refractivity contribution in [2.24, 2.45) is 0 Å². The van der Waals surface area contributed by atoms with Crippen LogP contribution in [0.2, 0.25) is 0 Å². The van der Waals surface area contributed by atoms with Crippen molar-refractivity contribution >= 4 is 21.8 Å². The molecular weight excluding hydrogens is 218 g/mol. The number of rotatable bonds is 4. The molecule has 2 aromatic carbocycles.